The summed E-state index contributed by atoms with van der Waals surface area (Å²) < 4.78 is 37.7. The van der Waals surface area contributed by atoms with E-state index in [0.717, 1.165) is 23.8 Å². The number of nitrogens with zero attached hydrogens (tertiary/aromatic N) is 2. The van der Waals surface area contributed by atoms with Gasteiger partial charge < -0.3 is 5.32 Å². The lowest BCUT2D eigenvalue weighted by Gasteiger charge is -2.32. The number of rotatable bonds is 5. The normalized spacial score (nSPS) is 18.6. The highest BCUT2D eigenvalue weighted by Crippen LogP contribution is 2.34. The molecule has 0 radical (unpaired) electrons. The molecule has 7 heteroatoms. The van der Waals surface area contributed by atoms with Gasteiger partial charge in [-0.05, 0) is 32.5 Å². The number of likely N-dealkylation sites (tertiary alicyclic amines) is 1. The monoisotopic (exact) mass is 307 g/mol. The van der Waals surface area contributed by atoms with Gasteiger partial charge in [-0.1, -0.05) is 6.92 Å². The molecule has 2 heterocycles. The van der Waals surface area contributed by atoms with E-state index in [2.05, 4.69) is 15.2 Å². The Labute approximate surface area is 121 Å². The first-order valence-corrected chi connectivity index (χ1v) is 7.80. The van der Waals surface area contributed by atoms with Gasteiger partial charge in [-0.25, -0.2) is 4.98 Å². The second kappa shape index (κ2) is 6.87. The molecule has 1 aliphatic heterocycles. The Morgan fingerprint density at radius 3 is 2.70 bits per heavy atom. The van der Waals surface area contributed by atoms with Crippen molar-refractivity contribution >= 4 is 11.3 Å². The lowest BCUT2D eigenvalue weighted by Crippen LogP contribution is -2.38. The molecule has 0 spiro atoms. The number of hydrogen-bond donors (Lipinski definition) is 1. The first kappa shape index (κ1) is 15.7. The number of alkyl halides is 3. The quantitative estimate of drug-likeness (QED) is 0.906. The standard InChI is InChI=1S/C13H20F3N3S/c1-2-17-7-12-18-11(9-20-12)8-19-5-3-10(4-6-19)13(14,15)16/h9-10,17H,2-8H2,1H3. The topological polar surface area (TPSA) is 28.2 Å². The Morgan fingerprint density at radius 2 is 2.10 bits per heavy atom. The number of nitrogens with one attached hydrogen (secondary N) is 1. The Bertz CT molecular complexity index is 411. The van der Waals surface area contributed by atoms with Gasteiger partial charge in [0.25, 0.3) is 0 Å². The molecule has 0 amide bonds. The van der Waals surface area contributed by atoms with Gasteiger partial charge in [-0.2, -0.15) is 13.2 Å². The van der Waals surface area contributed by atoms with Crippen molar-refractivity contribution in [1.29, 1.82) is 0 Å². The van der Waals surface area contributed by atoms with E-state index in [-0.39, 0.29) is 12.8 Å². The maximum Gasteiger partial charge on any atom is 0.391 e. The van der Waals surface area contributed by atoms with Crippen molar-refractivity contribution < 1.29 is 13.2 Å². The minimum Gasteiger partial charge on any atom is -0.311 e. The van der Waals surface area contributed by atoms with Crippen LogP contribution in [0, 0.1) is 5.92 Å². The predicted molar refractivity (Wildman–Crippen MR) is 73.6 cm³/mol. The molecule has 20 heavy (non-hydrogen) atoms. The molecule has 1 saturated heterocycles. The maximum atomic E-state index is 12.6. The van der Waals surface area contributed by atoms with Crippen LogP contribution in [0.3, 0.4) is 0 Å². The molecule has 0 bridgehead atoms. The molecule has 1 N–H and O–H groups in total. The average molecular weight is 307 g/mol. The van der Waals surface area contributed by atoms with Crippen molar-refractivity contribution in [2.45, 2.75) is 39.0 Å². The molecule has 1 fully saturated rings. The minimum absolute atomic E-state index is 0.206. The van der Waals surface area contributed by atoms with Crippen LogP contribution >= 0.6 is 11.3 Å². The molecular weight excluding hydrogens is 287 g/mol. The second-order valence-electron chi connectivity index (χ2n) is 5.10. The zero-order chi connectivity index (χ0) is 14.6. The third kappa shape index (κ3) is 4.43. The van der Waals surface area contributed by atoms with Gasteiger partial charge >= 0.3 is 6.18 Å². The summed E-state index contributed by atoms with van der Waals surface area (Å²) in [5, 5.41) is 6.25. The molecule has 114 valence electrons. The summed E-state index contributed by atoms with van der Waals surface area (Å²) in [6.45, 7) is 5.37. The molecule has 0 unspecified atom stereocenters. The first-order valence-electron chi connectivity index (χ1n) is 6.92. The highest BCUT2D eigenvalue weighted by molar-refractivity contribution is 7.09. The van der Waals surface area contributed by atoms with Crippen LogP contribution in [0.25, 0.3) is 0 Å². The van der Waals surface area contributed by atoms with Crippen molar-refractivity contribution in [3.05, 3.63) is 16.1 Å². The van der Waals surface area contributed by atoms with Crippen LogP contribution in [-0.4, -0.2) is 35.7 Å². The van der Waals surface area contributed by atoms with Gasteiger partial charge in [0.05, 0.1) is 11.6 Å². The van der Waals surface area contributed by atoms with Crippen LogP contribution in [-0.2, 0) is 13.1 Å². The smallest absolute Gasteiger partial charge is 0.311 e. The predicted octanol–water partition coefficient (Wildman–Crippen LogP) is 3.03. The fraction of sp³-hybridized carbons (Fsp3) is 0.769. The zero-order valence-electron chi connectivity index (χ0n) is 11.5. The number of thiazole rings is 1. The van der Waals surface area contributed by atoms with Crippen LogP contribution in [0.5, 0.6) is 0 Å². The lowest BCUT2D eigenvalue weighted by atomic mass is 9.96. The molecule has 2 rings (SSSR count). The van der Waals surface area contributed by atoms with E-state index in [1.807, 2.05) is 12.3 Å². The highest BCUT2D eigenvalue weighted by atomic mass is 32.1. The Balaban J connectivity index is 1.79. The van der Waals surface area contributed by atoms with Crippen molar-refractivity contribution in [2.75, 3.05) is 19.6 Å². The van der Waals surface area contributed by atoms with Gasteiger partial charge in [0, 0.05) is 18.5 Å². The third-order valence-electron chi connectivity index (χ3n) is 3.56. The van der Waals surface area contributed by atoms with Crippen molar-refractivity contribution in [2.24, 2.45) is 5.92 Å². The van der Waals surface area contributed by atoms with Gasteiger partial charge in [0.15, 0.2) is 0 Å². The molecule has 1 aromatic rings. The van der Waals surface area contributed by atoms with Gasteiger partial charge in [-0.15, -0.1) is 11.3 Å². The van der Waals surface area contributed by atoms with Crippen LogP contribution in [0.1, 0.15) is 30.5 Å². The van der Waals surface area contributed by atoms with E-state index >= 15 is 0 Å². The summed E-state index contributed by atoms with van der Waals surface area (Å²) in [6.07, 6.45) is -3.62. The summed E-state index contributed by atoms with van der Waals surface area (Å²) in [5.74, 6) is -1.13. The second-order valence-corrected chi connectivity index (χ2v) is 6.05. The Hall–Kier alpha value is -0.660. The molecule has 1 aromatic heterocycles. The molecule has 1 aliphatic rings. The molecule has 0 saturated carbocycles. The van der Waals surface area contributed by atoms with E-state index in [1.54, 1.807) is 11.3 Å². The summed E-state index contributed by atoms with van der Waals surface area (Å²) >= 11 is 1.60. The van der Waals surface area contributed by atoms with E-state index in [9.17, 15) is 13.2 Å². The number of hydrogen-bond acceptors (Lipinski definition) is 4. The third-order valence-corrected chi connectivity index (χ3v) is 4.46. The van der Waals surface area contributed by atoms with Crippen molar-refractivity contribution in [3.8, 4) is 0 Å². The van der Waals surface area contributed by atoms with Gasteiger partial charge in [0.1, 0.15) is 5.01 Å². The summed E-state index contributed by atoms with van der Waals surface area (Å²) in [7, 11) is 0. The van der Waals surface area contributed by atoms with Crippen molar-refractivity contribution in [3.63, 3.8) is 0 Å². The highest BCUT2D eigenvalue weighted by Gasteiger charge is 2.40. The molecule has 0 aliphatic carbocycles. The fourth-order valence-corrected chi connectivity index (χ4v) is 3.14. The SMILES string of the molecule is CCNCc1nc(CN2CCC(C(F)(F)F)CC2)cs1. The molecular formula is C13H20F3N3S. The fourth-order valence-electron chi connectivity index (χ4n) is 2.38. The number of halogens is 3. The van der Waals surface area contributed by atoms with Crippen LogP contribution in [0.15, 0.2) is 5.38 Å². The summed E-state index contributed by atoms with van der Waals surface area (Å²) in [5.41, 5.74) is 0.966. The minimum atomic E-state index is -4.04. The first-order chi connectivity index (χ1) is 9.49. The van der Waals surface area contributed by atoms with Crippen LogP contribution in [0.4, 0.5) is 13.2 Å². The molecule has 0 atom stereocenters. The summed E-state index contributed by atoms with van der Waals surface area (Å²) in [6, 6.07) is 0. The van der Waals surface area contributed by atoms with E-state index < -0.39 is 12.1 Å². The van der Waals surface area contributed by atoms with Gasteiger partial charge in [-0.3, -0.25) is 4.90 Å². The van der Waals surface area contributed by atoms with Crippen LogP contribution in [0.2, 0.25) is 0 Å². The number of piperidine rings is 1. The zero-order valence-corrected chi connectivity index (χ0v) is 12.4. The average Bonchev–Trinajstić information content (AvgIpc) is 2.83. The molecule has 3 nitrogen and oxygen atoms in total. The van der Waals surface area contributed by atoms with E-state index in [0.29, 0.717) is 19.6 Å². The lowest BCUT2D eigenvalue weighted by molar-refractivity contribution is -0.185. The van der Waals surface area contributed by atoms with Crippen LogP contribution < -0.4 is 5.32 Å². The van der Waals surface area contributed by atoms with Gasteiger partial charge in [0.2, 0.25) is 0 Å². The Kier molecular flexibility index (Phi) is 5.40. The number of aromatic nitrogens is 1. The van der Waals surface area contributed by atoms with Crippen molar-refractivity contribution in [1.82, 2.24) is 15.2 Å². The van der Waals surface area contributed by atoms with E-state index in [4.69, 9.17) is 0 Å². The maximum absolute atomic E-state index is 12.6. The summed E-state index contributed by atoms with van der Waals surface area (Å²) in [4.78, 5) is 6.57. The van der Waals surface area contributed by atoms with E-state index in [1.165, 1.54) is 0 Å². The Morgan fingerprint density at radius 1 is 1.40 bits per heavy atom. The molecule has 0 aromatic carbocycles. The largest absolute Gasteiger partial charge is 0.391 e.